The second kappa shape index (κ2) is 4.02. The second-order valence-electron chi connectivity index (χ2n) is 5.25. The minimum absolute atomic E-state index is 0.215. The van der Waals surface area contributed by atoms with Crippen molar-refractivity contribution in [2.24, 2.45) is 5.73 Å². The number of nitrogens with one attached hydrogen (secondary N) is 1. The standard InChI is InChI=1S/C15H20N2O/c1-3-18-11-4-5-13-12(8-11)14(10(2)17-13)15(9-16)6-7-15/h4-5,8,17H,3,6-7,9,16H2,1-2H3. The van der Waals surface area contributed by atoms with Crippen LogP contribution in [0.1, 0.15) is 31.0 Å². The van der Waals surface area contributed by atoms with E-state index < -0.39 is 0 Å². The fourth-order valence-electron chi connectivity index (χ4n) is 2.95. The van der Waals surface area contributed by atoms with E-state index in [1.54, 1.807) is 0 Å². The summed E-state index contributed by atoms with van der Waals surface area (Å²) in [6.45, 7) is 5.59. The molecule has 1 heterocycles. The second-order valence-corrected chi connectivity index (χ2v) is 5.25. The predicted molar refractivity (Wildman–Crippen MR) is 74.2 cm³/mol. The Labute approximate surface area is 107 Å². The fourth-order valence-corrected chi connectivity index (χ4v) is 2.95. The van der Waals surface area contributed by atoms with Gasteiger partial charge in [0.15, 0.2) is 0 Å². The summed E-state index contributed by atoms with van der Waals surface area (Å²) in [5.74, 6) is 0.943. The Kier molecular flexibility index (Phi) is 2.59. The number of ether oxygens (including phenoxy) is 1. The van der Waals surface area contributed by atoms with E-state index in [1.807, 2.05) is 13.0 Å². The van der Waals surface area contributed by atoms with E-state index >= 15 is 0 Å². The zero-order chi connectivity index (χ0) is 12.8. The number of fused-ring (bicyclic) bond motifs is 1. The summed E-state index contributed by atoms with van der Waals surface area (Å²) in [7, 11) is 0. The zero-order valence-electron chi connectivity index (χ0n) is 11.0. The van der Waals surface area contributed by atoms with Crippen molar-refractivity contribution < 1.29 is 4.74 Å². The molecule has 3 heteroatoms. The van der Waals surface area contributed by atoms with Crippen molar-refractivity contribution >= 4 is 10.9 Å². The van der Waals surface area contributed by atoms with Gasteiger partial charge in [-0.15, -0.1) is 0 Å². The van der Waals surface area contributed by atoms with Gasteiger partial charge in [0, 0.05) is 28.6 Å². The molecule has 1 aromatic heterocycles. The lowest BCUT2D eigenvalue weighted by Crippen LogP contribution is -2.20. The molecule has 0 spiro atoms. The summed E-state index contributed by atoms with van der Waals surface area (Å²) >= 11 is 0. The number of aromatic amines is 1. The minimum Gasteiger partial charge on any atom is -0.494 e. The third-order valence-corrected chi connectivity index (χ3v) is 4.04. The molecule has 96 valence electrons. The van der Waals surface area contributed by atoms with Crippen LogP contribution in [0.25, 0.3) is 10.9 Å². The summed E-state index contributed by atoms with van der Waals surface area (Å²) in [6.07, 6.45) is 2.41. The van der Waals surface area contributed by atoms with Gasteiger partial charge in [0.05, 0.1) is 6.61 Å². The maximum atomic E-state index is 5.97. The van der Waals surface area contributed by atoms with Crippen LogP contribution in [0, 0.1) is 6.92 Å². The first-order valence-electron chi connectivity index (χ1n) is 6.66. The number of hydrogen-bond acceptors (Lipinski definition) is 2. The summed E-state index contributed by atoms with van der Waals surface area (Å²) in [5.41, 5.74) is 10.0. The van der Waals surface area contributed by atoms with E-state index in [2.05, 4.69) is 24.0 Å². The van der Waals surface area contributed by atoms with Crippen LogP contribution < -0.4 is 10.5 Å². The number of aromatic nitrogens is 1. The molecular formula is C15H20N2O. The van der Waals surface area contributed by atoms with Gasteiger partial charge in [0.1, 0.15) is 5.75 Å². The highest BCUT2D eigenvalue weighted by molar-refractivity contribution is 5.87. The van der Waals surface area contributed by atoms with E-state index in [0.717, 1.165) is 12.3 Å². The molecule has 0 radical (unpaired) electrons. The predicted octanol–water partition coefficient (Wildman–Crippen LogP) is 2.87. The van der Waals surface area contributed by atoms with Gasteiger partial charge in [-0.25, -0.2) is 0 Å². The summed E-state index contributed by atoms with van der Waals surface area (Å²) < 4.78 is 5.60. The Morgan fingerprint density at radius 1 is 1.39 bits per heavy atom. The molecule has 1 saturated carbocycles. The quantitative estimate of drug-likeness (QED) is 0.869. The van der Waals surface area contributed by atoms with Gasteiger partial charge < -0.3 is 15.5 Å². The van der Waals surface area contributed by atoms with Crippen molar-refractivity contribution in [1.29, 1.82) is 0 Å². The zero-order valence-corrected chi connectivity index (χ0v) is 11.0. The van der Waals surface area contributed by atoms with Gasteiger partial charge in [-0.2, -0.15) is 0 Å². The number of nitrogens with two attached hydrogens (primary N) is 1. The summed E-state index contributed by atoms with van der Waals surface area (Å²) in [6, 6.07) is 6.27. The topological polar surface area (TPSA) is 51.0 Å². The molecule has 0 aliphatic heterocycles. The van der Waals surface area contributed by atoms with Crippen LogP contribution in [0.3, 0.4) is 0 Å². The van der Waals surface area contributed by atoms with E-state index in [9.17, 15) is 0 Å². The van der Waals surface area contributed by atoms with Crippen LogP contribution in [0.15, 0.2) is 18.2 Å². The molecule has 3 nitrogen and oxygen atoms in total. The van der Waals surface area contributed by atoms with E-state index in [0.29, 0.717) is 6.61 Å². The highest BCUT2D eigenvalue weighted by Gasteiger charge is 2.45. The lowest BCUT2D eigenvalue weighted by molar-refractivity contribution is 0.340. The lowest BCUT2D eigenvalue weighted by Gasteiger charge is -2.13. The van der Waals surface area contributed by atoms with Gasteiger partial charge >= 0.3 is 0 Å². The third-order valence-electron chi connectivity index (χ3n) is 4.04. The monoisotopic (exact) mass is 244 g/mol. The van der Waals surface area contributed by atoms with Crippen LogP contribution >= 0.6 is 0 Å². The molecular weight excluding hydrogens is 224 g/mol. The molecule has 3 N–H and O–H groups in total. The van der Waals surface area contributed by atoms with Crippen molar-refractivity contribution in [1.82, 2.24) is 4.98 Å². The first-order chi connectivity index (χ1) is 8.70. The summed E-state index contributed by atoms with van der Waals surface area (Å²) in [5, 5.41) is 1.28. The number of rotatable bonds is 4. The first kappa shape index (κ1) is 11.6. The number of H-pyrrole nitrogens is 1. The molecule has 0 amide bonds. The van der Waals surface area contributed by atoms with E-state index in [4.69, 9.17) is 10.5 Å². The SMILES string of the molecule is CCOc1ccc2[nH]c(C)c(C3(CN)CC3)c2c1. The smallest absolute Gasteiger partial charge is 0.120 e. The average Bonchev–Trinajstić information content (AvgIpc) is 3.07. The van der Waals surface area contributed by atoms with Crippen LogP contribution in [-0.4, -0.2) is 18.1 Å². The molecule has 0 atom stereocenters. The highest BCUT2D eigenvalue weighted by atomic mass is 16.5. The number of hydrogen-bond donors (Lipinski definition) is 2. The molecule has 0 saturated heterocycles. The largest absolute Gasteiger partial charge is 0.494 e. The van der Waals surface area contributed by atoms with Crippen LogP contribution in [-0.2, 0) is 5.41 Å². The van der Waals surface area contributed by atoms with Crippen molar-refractivity contribution in [3.63, 3.8) is 0 Å². The molecule has 1 aliphatic rings. The van der Waals surface area contributed by atoms with Crippen molar-refractivity contribution in [2.75, 3.05) is 13.2 Å². The van der Waals surface area contributed by atoms with Gasteiger partial charge in [-0.1, -0.05) is 0 Å². The normalized spacial score (nSPS) is 17.1. The van der Waals surface area contributed by atoms with Gasteiger partial charge in [0.25, 0.3) is 0 Å². The first-order valence-corrected chi connectivity index (χ1v) is 6.66. The Balaban J connectivity index is 2.17. The molecule has 1 fully saturated rings. The Morgan fingerprint density at radius 3 is 2.78 bits per heavy atom. The maximum Gasteiger partial charge on any atom is 0.120 e. The van der Waals surface area contributed by atoms with E-state index in [1.165, 1.54) is 35.0 Å². The van der Waals surface area contributed by atoms with Crippen molar-refractivity contribution in [3.8, 4) is 5.75 Å². The minimum atomic E-state index is 0.215. The Morgan fingerprint density at radius 2 is 2.17 bits per heavy atom. The lowest BCUT2D eigenvalue weighted by atomic mass is 9.93. The van der Waals surface area contributed by atoms with Crippen molar-refractivity contribution in [3.05, 3.63) is 29.5 Å². The van der Waals surface area contributed by atoms with Crippen LogP contribution in [0.4, 0.5) is 0 Å². The third kappa shape index (κ3) is 1.62. The highest BCUT2D eigenvalue weighted by Crippen LogP contribution is 2.51. The van der Waals surface area contributed by atoms with Crippen LogP contribution in [0.5, 0.6) is 5.75 Å². The molecule has 3 rings (SSSR count). The van der Waals surface area contributed by atoms with Crippen molar-refractivity contribution in [2.45, 2.75) is 32.1 Å². The maximum absolute atomic E-state index is 5.97. The molecule has 0 bridgehead atoms. The molecule has 2 aromatic rings. The van der Waals surface area contributed by atoms with Gasteiger partial charge in [-0.05, 0) is 50.5 Å². The van der Waals surface area contributed by atoms with Gasteiger partial charge in [0.2, 0.25) is 0 Å². The molecule has 1 aromatic carbocycles. The van der Waals surface area contributed by atoms with Gasteiger partial charge in [-0.3, -0.25) is 0 Å². The van der Waals surface area contributed by atoms with E-state index in [-0.39, 0.29) is 5.41 Å². The fraction of sp³-hybridized carbons (Fsp3) is 0.467. The molecule has 1 aliphatic carbocycles. The van der Waals surface area contributed by atoms with Crippen LogP contribution in [0.2, 0.25) is 0 Å². The molecule has 18 heavy (non-hydrogen) atoms. The Hall–Kier alpha value is -1.48. The average molecular weight is 244 g/mol. The number of aryl methyl sites for hydroxylation is 1. The Bertz CT molecular complexity index is 581. The number of benzene rings is 1. The molecule has 0 unspecified atom stereocenters. The summed E-state index contributed by atoms with van der Waals surface area (Å²) in [4.78, 5) is 3.47.